The number of ether oxygens (including phenoxy) is 1. The number of H-pyrrole nitrogens is 1. The van der Waals surface area contributed by atoms with Gasteiger partial charge in [-0.1, -0.05) is 12.1 Å². The first kappa shape index (κ1) is 14.5. The number of aromatic amines is 1. The van der Waals surface area contributed by atoms with E-state index < -0.39 is 5.82 Å². The van der Waals surface area contributed by atoms with E-state index in [1.54, 1.807) is 37.3 Å². The van der Waals surface area contributed by atoms with Gasteiger partial charge in [0, 0.05) is 5.56 Å². The molecular formula is C16H13FN2O2S. The first-order valence-corrected chi connectivity index (χ1v) is 7.47. The molecule has 3 aromatic rings. The van der Waals surface area contributed by atoms with Crippen molar-refractivity contribution in [1.82, 2.24) is 9.97 Å². The number of methoxy groups -OCH3 is 1. The van der Waals surface area contributed by atoms with Crippen LogP contribution >= 0.6 is 11.3 Å². The quantitative estimate of drug-likeness (QED) is 0.801. The van der Waals surface area contributed by atoms with Crippen LogP contribution in [-0.2, 0) is 0 Å². The monoisotopic (exact) mass is 316 g/mol. The van der Waals surface area contributed by atoms with Crippen LogP contribution < -0.4 is 10.3 Å². The number of benzene rings is 1. The van der Waals surface area contributed by atoms with E-state index in [1.807, 2.05) is 5.38 Å². The highest BCUT2D eigenvalue weighted by Crippen LogP contribution is 2.24. The predicted octanol–water partition coefficient (Wildman–Crippen LogP) is 3.69. The summed E-state index contributed by atoms with van der Waals surface area (Å²) < 4.78 is 19.1. The van der Waals surface area contributed by atoms with E-state index in [1.165, 1.54) is 18.4 Å². The molecule has 3 rings (SSSR count). The van der Waals surface area contributed by atoms with Gasteiger partial charge in [0.1, 0.15) is 10.7 Å². The molecule has 4 nitrogen and oxygen atoms in total. The summed E-state index contributed by atoms with van der Waals surface area (Å²) in [5.74, 6) is 0.169. The summed E-state index contributed by atoms with van der Waals surface area (Å²) in [6.45, 7) is 1.77. The van der Waals surface area contributed by atoms with Gasteiger partial charge >= 0.3 is 0 Å². The van der Waals surface area contributed by atoms with Crippen molar-refractivity contribution in [3.05, 3.63) is 57.2 Å². The molecular weight excluding hydrogens is 303 g/mol. The summed E-state index contributed by atoms with van der Waals surface area (Å²) in [5, 5.41) is 2.38. The molecule has 1 aromatic carbocycles. The molecule has 2 aromatic heterocycles. The van der Waals surface area contributed by atoms with Gasteiger partial charge in [0.05, 0.1) is 12.5 Å². The molecule has 6 heteroatoms. The van der Waals surface area contributed by atoms with Gasteiger partial charge in [-0.15, -0.1) is 11.3 Å². The minimum atomic E-state index is -0.441. The lowest BCUT2D eigenvalue weighted by Crippen LogP contribution is -2.09. The van der Waals surface area contributed by atoms with Crippen LogP contribution in [-0.4, -0.2) is 17.1 Å². The Kier molecular flexibility index (Phi) is 3.77. The van der Waals surface area contributed by atoms with E-state index in [0.717, 1.165) is 0 Å². The molecule has 0 aliphatic heterocycles. The topological polar surface area (TPSA) is 55.0 Å². The van der Waals surface area contributed by atoms with E-state index in [4.69, 9.17) is 4.74 Å². The Balaban J connectivity index is 2.08. The maximum atomic E-state index is 14.2. The van der Waals surface area contributed by atoms with E-state index >= 15 is 0 Å². The molecule has 0 radical (unpaired) electrons. The fraction of sp³-hybridized carbons (Fsp3) is 0.125. The van der Waals surface area contributed by atoms with Gasteiger partial charge in [0.2, 0.25) is 0 Å². The third-order valence-corrected chi connectivity index (χ3v) is 4.10. The SMILES string of the molecule is COc1cccc(/C=C(\C)c2nc3sccc3c(=O)[nH]2)c1F. The maximum absolute atomic E-state index is 14.2. The number of nitrogens with one attached hydrogen (secondary N) is 1. The van der Waals surface area contributed by atoms with Gasteiger partial charge in [-0.3, -0.25) is 4.79 Å². The second kappa shape index (κ2) is 5.73. The maximum Gasteiger partial charge on any atom is 0.259 e. The number of rotatable bonds is 3. The first-order chi connectivity index (χ1) is 10.6. The summed E-state index contributed by atoms with van der Waals surface area (Å²) in [6, 6.07) is 6.64. The van der Waals surface area contributed by atoms with Crippen molar-refractivity contribution >= 4 is 33.2 Å². The van der Waals surface area contributed by atoms with Crippen molar-refractivity contribution in [2.24, 2.45) is 0 Å². The normalized spacial score (nSPS) is 11.9. The Hall–Kier alpha value is -2.47. The van der Waals surface area contributed by atoms with Crippen molar-refractivity contribution in [2.75, 3.05) is 7.11 Å². The Morgan fingerprint density at radius 2 is 2.23 bits per heavy atom. The van der Waals surface area contributed by atoms with Gasteiger partial charge < -0.3 is 9.72 Å². The lowest BCUT2D eigenvalue weighted by molar-refractivity contribution is 0.386. The summed E-state index contributed by atoms with van der Waals surface area (Å²) in [6.07, 6.45) is 1.63. The molecule has 112 valence electrons. The number of hydrogen-bond acceptors (Lipinski definition) is 4. The highest BCUT2D eigenvalue weighted by Gasteiger charge is 2.09. The van der Waals surface area contributed by atoms with Gasteiger partial charge in [0.25, 0.3) is 5.56 Å². The first-order valence-electron chi connectivity index (χ1n) is 6.59. The van der Waals surface area contributed by atoms with Crippen LogP contribution in [0.25, 0.3) is 21.9 Å². The minimum absolute atomic E-state index is 0.178. The van der Waals surface area contributed by atoms with Crippen LogP contribution in [0.2, 0.25) is 0 Å². The fourth-order valence-electron chi connectivity index (χ4n) is 2.15. The van der Waals surface area contributed by atoms with Crippen LogP contribution in [0.4, 0.5) is 4.39 Å². The lowest BCUT2D eigenvalue weighted by Gasteiger charge is -2.05. The van der Waals surface area contributed by atoms with Gasteiger partial charge in [-0.05, 0) is 36.1 Å². The number of hydrogen-bond donors (Lipinski definition) is 1. The molecule has 22 heavy (non-hydrogen) atoms. The second-order valence-electron chi connectivity index (χ2n) is 4.74. The average Bonchev–Trinajstić information content (AvgIpc) is 2.98. The van der Waals surface area contributed by atoms with E-state index in [0.29, 0.717) is 27.2 Å². The number of nitrogens with zero attached hydrogens (tertiary/aromatic N) is 1. The Labute approximate surface area is 129 Å². The number of aromatic nitrogens is 2. The van der Waals surface area contributed by atoms with Crippen LogP contribution in [0.1, 0.15) is 18.3 Å². The summed E-state index contributed by atoms with van der Waals surface area (Å²) in [4.78, 5) is 19.8. The molecule has 0 fully saturated rings. The third-order valence-electron chi connectivity index (χ3n) is 3.29. The molecule has 0 unspecified atom stereocenters. The largest absolute Gasteiger partial charge is 0.494 e. The van der Waals surface area contributed by atoms with Crippen molar-refractivity contribution in [3.8, 4) is 5.75 Å². The van der Waals surface area contributed by atoms with Crippen molar-refractivity contribution in [3.63, 3.8) is 0 Å². The summed E-state index contributed by atoms with van der Waals surface area (Å²) in [5.41, 5.74) is 0.852. The van der Waals surface area contributed by atoms with Crippen LogP contribution in [0.3, 0.4) is 0 Å². The molecule has 0 saturated carbocycles. The third kappa shape index (κ3) is 2.53. The standard InChI is InChI=1S/C16H13FN2O2S/c1-9(8-10-4-3-5-12(21-2)13(10)17)14-18-15(20)11-6-7-22-16(11)19-14/h3-8H,1-2H3,(H,18,19,20)/b9-8+. The molecule has 2 heterocycles. The summed E-state index contributed by atoms with van der Waals surface area (Å²) in [7, 11) is 1.42. The lowest BCUT2D eigenvalue weighted by atomic mass is 10.1. The summed E-state index contributed by atoms with van der Waals surface area (Å²) >= 11 is 1.40. The molecule has 0 atom stereocenters. The number of fused-ring (bicyclic) bond motifs is 1. The van der Waals surface area contributed by atoms with Crippen molar-refractivity contribution < 1.29 is 9.13 Å². The molecule has 0 aliphatic rings. The molecule has 0 aliphatic carbocycles. The zero-order valence-corrected chi connectivity index (χ0v) is 12.8. The Morgan fingerprint density at radius 3 is 3.00 bits per heavy atom. The van der Waals surface area contributed by atoms with Crippen LogP contribution in [0.5, 0.6) is 5.75 Å². The number of thiophene rings is 1. The van der Waals surface area contributed by atoms with Gasteiger partial charge in [-0.25, -0.2) is 9.37 Å². The Bertz CT molecular complexity index is 927. The molecule has 0 bridgehead atoms. The van der Waals surface area contributed by atoms with E-state index in [9.17, 15) is 9.18 Å². The highest BCUT2D eigenvalue weighted by molar-refractivity contribution is 7.16. The van der Waals surface area contributed by atoms with Gasteiger partial charge in [0.15, 0.2) is 11.6 Å². The highest BCUT2D eigenvalue weighted by atomic mass is 32.1. The predicted molar refractivity (Wildman–Crippen MR) is 86.7 cm³/mol. The van der Waals surface area contributed by atoms with E-state index in [2.05, 4.69) is 9.97 Å². The minimum Gasteiger partial charge on any atom is -0.494 e. The second-order valence-corrected chi connectivity index (χ2v) is 5.64. The van der Waals surface area contributed by atoms with Crippen molar-refractivity contribution in [1.29, 1.82) is 0 Å². The molecule has 1 N–H and O–H groups in total. The molecule has 0 saturated heterocycles. The van der Waals surface area contributed by atoms with E-state index in [-0.39, 0.29) is 11.3 Å². The molecule has 0 amide bonds. The molecule has 0 spiro atoms. The zero-order valence-electron chi connectivity index (χ0n) is 12.0. The van der Waals surface area contributed by atoms with Crippen molar-refractivity contribution in [2.45, 2.75) is 6.92 Å². The Morgan fingerprint density at radius 1 is 1.41 bits per heavy atom. The fourth-order valence-corrected chi connectivity index (χ4v) is 2.92. The average molecular weight is 316 g/mol. The van der Waals surface area contributed by atoms with Crippen LogP contribution in [0.15, 0.2) is 34.4 Å². The zero-order chi connectivity index (χ0) is 15.7. The number of allylic oxidation sites excluding steroid dienone is 1. The van der Waals surface area contributed by atoms with Crippen LogP contribution in [0, 0.1) is 5.82 Å². The smallest absolute Gasteiger partial charge is 0.259 e. The number of halogens is 1. The van der Waals surface area contributed by atoms with Gasteiger partial charge in [-0.2, -0.15) is 0 Å².